The van der Waals surface area contributed by atoms with Crippen LogP contribution in [0.3, 0.4) is 0 Å². The normalized spacial score (nSPS) is 29.6. The van der Waals surface area contributed by atoms with Crippen molar-refractivity contribution >= 4 is 36.3 Å². The van der Waals surface area contributed by atoms with Crippen molar-refractivity contribution in [2.45, 2.75) is 195 Å². The fourth-order valence-electron chi connectivity index (χ4n) is 13.2. The topological polar surface area (TPSA) is 372 Å². The third-order valence-corrected chi connectivity index (χ3v) is 18.7. The van der Waals surface area contributed by atoms with Crippen molar-refractivity contribution in [2.75, 3.05) is 13.2 Å². The Balaban J connectivity index is 0.868. The minimum atomic E-state index is -1.95. The summed E-state index contributed by atoms with van der Waals surface area (Å²) in [7, 11) is 0. The van der Waals surface area contributed by atoms with Crippen molar-refractivity contribution < 1.29 is 116 Å². The Labute approximate surface area is 600 Å². The maximum atomic E-state index is 14.8. The van der Waals surface area contributed by atoms with Gasteiger partial charge in [-0.1, -0.05) is 184 Å². The molecule has 556 valence electrons. The number of benzene rings is 6. The predicted octanol–water partition coefficient (Wildman–Crippen LogP) is 6.46. The van der Waals surface area contributed by atoms with Crippen molar-refractivity contribution in [3.8, 4) is 0 Å². The van der Waals surface area contributed by atoms with Crippen LogP contribution in [-0.2, 0) is 92.8 Å². The van der Waals surface area contributed by atoms with Gasteiger partial charge in [-0.2, -0.15) is 0 Å². The van der Waals surface area contributed by atoms with Gasteiger partial charge in [0.1, 0.15) is 100 Å². The monoisotopic (exact) mass is 1440 g/mol. The molecule has 11 rings (SSSR count). The Bertz CT molecular complexity index is 3690. The van der Waals surface area contributed by atoms with Crippen LogP contribution in [0.25, 0.3) is 0 Å². The molecule has 0 bridgehead atoms. The van der Waals surface area contributed by atoms with E-state index in [2.05, 4.69) is 21.3 Å². The first kappa shape index (κ1) is 76.0. The van der Waals surface area contributed by atoms with Crippen molar-refractivity contribution in [1.29, 1.82) is 0 Å². The second-order valence-electron chi connectivity index (χ2n) is 26.0. The molecule has 0 radical (unpaired) electrons. The van der Waals surface area contributed by atoms with Gasteiger partial charge >= 0.3 is 30.4 Å². The highest BCUT2D eigenvalue weighted by Crippen LogP contribution is 2.42. The van der Waals surface area contributed by atoms with Crippen LogP contribution in [0.4, 0.5) is 19.2 Å². The SMILES string of the molecule is CC[C@H]1O[C@@H](O[C@@H]2[C@@H](O)[C@H](NC(=O)[C@H](CCNC(=O)OCc3ccccc3)OC(=O)c3ccccc3)C[C@H](C)[C@H]2O[C@H]2O[C@H](COC(=O)OCc3ccccc3)[C@@H](O)[C@H](O)[C@H]2NC(=O)OCc2ccccc2)[C@H](O)[C@@H]1O[C@H]1O[C@H]2CCC(c3ccccc3)O[C@H]2[C@H](O)[C@H]1NC(=O)OCc1ccccc1. The summed E-state index contributed by atoms with van der Waals surface area (Å²) >= 11 is 0. The summed E-state index contributed by atoms with van der Waals surface area (Å²) < 4.78 is 79.3. The van der Waals surface area contributed by atoms with Crippen LogP contribution < -0.4 is 21.3 Å². The molecule has 1 aliphatic carbocycles. The van der Waals surface area contributed by atoms with Gasteiger partial charge < -0.3 is 108 Å². The summed E-state index contributed by atoms with van der Waals surface area (Å²) in [5.74, 6) is -2.69. The number of hydrogen-bond acceptors (Lipinski definition) is 24. The first-order valence-electron chi connectivity index (χ1n) is 34.8. The number of carbonyl (C=O) groups is 6. The van der Waals surface area contributed by atoms with Crippen LogP contribution in [0, 0.1) is 5.92 Å². The van der Waals surface area contributed by atoms with E-state index in [-0.39, 0.29) is 57.8 Å². The Morgan fingerprint density at radius 2 is 0.971 bits per heavy atom. The van der Waals surface area contributed by atoms with Crippen LogP contribution in [0.1, 0.15) is 90.2 Å². The lowest BCUT2D eigenvalue weighted by atomic mass is 9.79. The van der Waals surface area contributed by atoms with Gasteiger partial charge in [0.05, 0.1) is 36.0 Å². The van der Waals surface area contributed by atoms with E-state index < -0.39 is 171 Å². The van der Waals surface area contributed by atoms with Gasteiger partial charge in [0.2, 0.25) is 0 Å². The van der Waals surface area contributed by atoms with Gasteiger partial charge in [0.15, 0.2) is 25.0 Å². The number of alkyl carbamates (subject to hydrolysis) is 3. The summed E-state index contributed by atoms with van der Waals surface area (Å²) in [5.41, 5.74) is 3.61. The first-order valence-corrected chi connectivity index (χ1v) is 34.8. The van der Waals surface area contributed by atoms with Gasteiger partial charge in [0, 0.05) is 13.0 Å². The molecule has 6 aromatic rings. The Kier molecular flexibility index (Phi) is 27.1. The van der Waals surface area contributed by atoms with E-state index in [9.17, 15) is 54.3 Å². The largest absolute Gasteiger partial charge is 0.508 e. The van der Waals surface area contributed by atoms with Gasteiger partial charge in [-0.25, -0.2) is 24.0 Å². The number of aliphatic hydroxyl groups is 5. The van der Waals surface area contributed by atoms with Crippen LogP contribution in [0.15, 0.2) is 182 Å². The molecule has 1 saturated carbocycles. The number of hydrogen-bond donors (Lipinski definition) is 9. The zero-order valence-electron chi connectivity index (χ0n) is 57.2. The molecule has 0 aromatic heterocycles. The minimum Gasteiger partial charge on any atom is -0.449 e. The van der Waals surface area contributed by atoms with Gasteiger partial charge in [-0.3, -0.25) is 4.79 Å². The number of carbonyl (C=O) groups excluding carboxylic acids is 6. The van der Waals surface area contributed by atoms with Crippen LogP contribution in [-0.4, -0.2) is 191 Å². The molecule has 4 aliphatic heterocycles. The maximum absolute atomic E-state index is 14.8. The Hall–Kier alpha value is -9.14. The van der Waals surface area contributed by atoms with Crippen molar-refractivity contribution in [3.05, 3.63) is 215 Å². The molecule has 21 atom stereocenters. The molecular weight excluding hydrogens is 1350 g/mol. The second kappa shape index (κ2) is 37.0. The lowest BCUT2D eigenvalue weighted by Crippen LogP contribution is -2.68. The zero-order chi connectivity index (χ0) is 73.1. The minimum absolute atomic E-state index is 0.0618. The van der Waals surface area contributed by atoms with Crippen molar-refractivity contribution in [1.82, 2.24) is 21.3 Å². The summed E-state index contributed by atoms with van der Waals surface area (Å²) in [4.78, 5) is 82.1. The maximum Gasteiger partial charge on any atom is 0.508 e. The molecule has 9 N–H and O–H groups in total. The van der Waals surface area contributed by atoms with Crippen LogP contribution >= 0.6 is 0 Å². The number of esters is 1. The molecule has 28 nitrogen and oxygen atoms in total. The molecule has 4 amide bonds. The zero-order valence-corrected chi connectivity index (χ0v) is 57.2. The van der Waals surface area contributed by atoms with Crippen LogP contribution in [0.5, 0.6) is 0 Å². The Morgan fingerprint density at radius 1 is 0.481 bits per heavy atom. The molecule has 4 heterocycles. The van der Waals surface area contributed by atoms with Gasteiger partial charge in [-0.15, -0.1) is 0 Å². The summed E-state index contributed by atoms with van der Waals surface area (Å²) in [5, 5.41) is 72.3. The quantitative estimate of drug-likeness (QED) is 0.0197. The van der Waals surface area contributed by atoms with E-state index in [1.165, 1.54) is 12.1 Å². The lowest BCUT2D eigenvalue weighted by Gasteiger charge is -2.49. The van der Waals surface area contributed by atoms with Crippen LogP contribution in [0.2, 0.25) is 0 Å². The van der Waals surface area contributed by atoms with E-state index >= 15 is 0 Å². The number of amides is 4. The predicted molar refractivity (Wildman–Crippen MR) is 365 cm³/mol. The summed E-state index contributed by atoms with van der Waals surface area (Å²) in [6.07, 6.45) is -28.5. The smallest absolute Gasteiger partial charge is 0.449 e. The third kappa shape index (κ3) is 20.2. The molecule has 4 saturated heterocycles. The van der Waals surface area contributed by atoms with Crippen molar-refractivity contribution in [2.24, 2.45) is 5.92 Å². The molecule has 5 aliphatic rings. The lowest BCUT2D eigenvalue weighted by molar-refractivity contribution is -0.318. The summed E-state index contributed by atoms with van der Waals surface area (Å²) in [6, 6.07) is 48.1. The fraction of sp³-hybridized carbons (Fsp3) is 0.447. The highest BCUT2D eigenvalue weighted by molar-refractivity contribution is 5.92. The highest BCUT2D eigenvalue weighted by Gasteiger charge is 2.57. The number of aliphatic hydroxyl groups excluding tert-OH is 5. The molecule has 28 heteroatoms. The second-order valence-corrected chi connectivity index (χ2v) is 26.0. The fourth-order valence-corrected chi connectivity index (χ4v) is 13.2. The average Bonchev–Trinajstić information content (AvgIpc) is 1.15. The standard InChI is InChI=1S/C76H88N4O24/c1-3-52-65(103-71-58(80-75(90)94-41-47-26-14-6-15-27-47)62(84)66-54(100-71)35-34-53(97-66)49-30-18-8-19-31-49)63(85)72(99-52)104-67-59(81)51(78-68(86)55(98-69(87)50-32-20-9-21-33-50)36-37-77-73(88)92-39-45-22-10-4-11-23-45)38-44(2)64(67)102-70-57(79-74(89)93-40-46-24-12-5-13-25-46)61(83)60(82)56(101-70)43-96-76(91)95-42-48-28-16-7-17-29-48/h4-33,44,51-67,70-72,81-85H,3,34-43H2,1-2H3,(H,77,88)(H,78,86)(H,79,89)(H,80,90)/t44-,51+,52+,53?,54-,55-,56+,57+,58+,59-,60+,61+,62+,63+,64+,65+,66+,67+,70+,71+,72-/m0/s1. The molecule has 0 spiro atoms. The molecule has 104 heavy (non-hydrogen) atoms. The van der Waals surface area contributed by atoms with Gasteiger partial charge in [0.25, 0.3) is 5.91 Å². The number of ether oxygens (including phenoxy) is 13. The first-order chi connectivity index (χ1) is 50.5. The number of rotatable bonds is 27. The molecule has 5 fully saturated rings. The Morgan fingerprint density at radius 3 is 1.54 bits per heavy atom. The molecule has 6 aromatic carbocycles. The third-order valence-electron chi connectivity index (χ3n) is 18.7. The van der Waals surface area contributed by atoms with Crippen molar-refractivity contribution in [3.63, 3.8) is 0 Å². The van der Waals surface area contributed by atoms with E-state index in [1.54, 1.807) is 141 Å². The van der Waals surface area contributed by atoms with E-state index in [0.717, 1.165) is 5.56 Å². The number of fused-ring (bicyclic) bond motifs is 1. The highest BCUT2D eigenvalue weighted by atomic mass is 16.8. The molecule has 1 unspecified atom stereocenters. The average molecular weight is 1440 g/mol. The number of nitrogens with one attached hydrogen (secondary N) is 4. The van der Waals surface area contributed by atoms with Gasteiger partial charge in [-0.05, 0) is 71.6 Å². The van der Waals surface area contributed by atoms with E-state index in [1.807, 2.05) is 42.5 Å². The van der Waals surface area contributed by atoms with E-state index in [0.29, 0.717) is 35.1 Å². The molecular formula is C76H88N4O24. The summed E-state index contributed by atoms with van der Waals surface area (Å²) in [6.45, 7) is 1.83. The van der Waals surface area contributed by atoms with E-state index in [4.69, 9.17) is 61.6 Å².